The number of carboxylic acids is 1. The number of hydrogen-bond acceptors (Lipinski definition) is 2. The van der Waals surface area contributed by atoms with Crippen molar-refractivity contribution in [1.29, 1.82) is 0 Å². The molecule has 1 aliphatic rings. The molecular weight excluding hydrogens is 190 g/mol. The van der Waals surface area contributed by atoms with Crippen molar-refractivity contribution in [2.45, 2.75) is 33.1 Å². The molecule has 0 saturated carbocycles. The zero-order valence-corrected chi connectivity index (χ0v) is 9.55. The molecule has 84 valence electrons. The summed E-state index contributed by atoms with van der Waals surface area (Å²) in [6, 6.07) is 0. The molecular formula is C12H19NO2. The van der Waals surface area contributed by atoms with Crippen LogP contribution in [0.1, 0.15) is 33.1 Å². The van der Waals surface area contributed by atoms with Gasteiger partial charge in [-0.15, -0.1) is 11.8 Å². The molecule has 1 fully saturated rings. The minimum Gasteiger partial charge on any atom is -0.481 e. The Balaban J connectivity index is 2.48. The van der Waals surface area contributed by atoms with Crippen LogP contribution in [0.2, 0.25) is 0 Å². The monoisotopic (exact) mass is 209 g/mol. The molecule has 15 heavy (non-hydrogen) atoms. The van der Waals surface area contributed by atoms with E-state index in [4.69, 9.17) is 0 Å². The van der Waals surface area contributed by atoms with Crippen molar-refractivity contribution in [2.24, 2.45) is 5.41 Å². The number of hydrogen-bond donors (Lipinski definition) is 1. The minimum absolute atomic E-state index is 0.500. The lowest BCUT2D eigenvalue weighted by Crippen LogP contribution is -2.34. The van der Waals surface area contributed by atoms with E-state index in [-0.39, 0.29) is 0 Å². The van der Waals surface area contributed by atoms with Crippen LogP contribution < -0.4 is 0 Å². The summed E-state index contributed by atoms with van der Waals surface area (Å²) in [6.07, 6.45) is 2.34. The lowest BCUT2D eigenvalue weighted by atomic mass is 9.84. The zero-order valence-electron chi connectivity index (χ0n) is 9.55. The molecule has 0 amide bonds. The molecule has 1 saturated heterocycles. The van der Waals surface area contributed by atoms with Gasteiger partial charge in [0.2, 0.25) is 0 Å². The van der Waals surface area contributed by atoms with Crippen LogP contribution in [0.5, 0.6) is 0 Å². The molecule has 0 aromatic rings. The first-order valence-electron chi connectivity index (χ1n) is 5.50. The van der Waals surface area contributed by atoms with Gasteiger partial charge in [0.05, 0.1) is 5.41 Å². The molecule has 3 nitrogen and oxygen atoms in total. The Hall–Kier alpha value is -1.01. The predicted octanol–water partition coefficient (Wildman–Crippen LogP) is 1.59. The van der Waals surface area contributed by atoms with Crippen LogP contribution in [0.25, 0.3) is 0 Å². The van der Waals surface area contributed by atoms with Gasteiger partial charge in [-0.3, -0.25) is 4.79 Å². The Morgan fingerprint density at radius 3 is 2.80 bits per heavy atom. The van der Waals surface area contributed by atoms with Crippen molar-refractivity contribution in [2.75, 3.05) is 19.6 Å². The molecule has 1 unspecified atom stereocenters. The van der Waals surface area contributed by atoms with Gasteiger partial charge in [-0.2, -0.15) is 0 Å². The van der Waals surface area contributed by atoms with Gasteiger partial charge in [-0.25, -0.2) is 0 Å². The maximum Gasteiger partial charge on any atom is 0.310 e. The van der Waals surface area contributed by atoms with Crippen LogP contribution in [0.15, 0.2) is 0 Å². The quantitative estimate of drug-likeness (QED) is 0.715. The molecule has 3 heteroatoms. The van der Waals surface area contributed by atoms with Crippen molar-refractivity contribution in [1.82, 2.24) is 4.90 Å². The first-order chi connectivity index (χ1) is 7.14. The van der Waals surface area contributed by atoms with Gasteiger partial charge >= 0.3 is 5.97 Å². The van der Waals surface area contributed by atoms with Gasteiger partial charge in [-0.05, 0) is 26.3 Å². The molecule has 1 atom stereocenters. The highest BCUT2D eigenvalue weighted by Crippen LogP contribution is 2.33. The van der Waals surface area contributed by atoms with Crippen molar-refractivity contribution >= 4 is 5.97 Å². The third-order valence-electron chi connectivity index (χ3n) is 3.29. The van der Waals surface area contributed by atoms with Gasteiger partial charge in [0.25, 0.3) is 0 Å². The number of aliphatic carboxylic acids is 1. The number of carboxylic acid groups (broad SMARTS) is 1. The molecule has 1 aliphatic heterocycles. The standard InChI is InChI=1S/C12H19NO2/c1-3-5-6-8-13-9-7-12(4-2,10-13)11(14)15/h4,6-10H2,1-2H3,(H,14,15). The van der Waals surface area contributed by atoms with E-state index in [1.54, 1.807) is 0 Å². The maximum absolute atomic E-state index is 11.2. The van der Waals surface area contributed by atoms with Crippen LogP contribution in [0, 0.1) is 17.3 Å². The second-order valence-electron chi connectivity index (χ2n) is 4.14. The smallest absolute Gasteiger partial charge is 0.310 e. The fourth-order valence-corrected chi connectivity index (χ4v) is 2.10. The van der Waals surface area contributed by atoms with Crippen LogP contribution in [-0.2, 0) is 4.79 Å². The highest BCUT2D eigenvalue weighted by atomic mass is 16.4. The molecule has 0 aliphatic carbocycles. The number of rotatable bonds is 4. The summed E-state index contributed by atoms with van der Waals surface area (Å²) in [5.74, 6) is 5.22. The summed E-state index contributed by atoms with van der Waals surface area (Å²) >= 11 is 0. The maximum atomic E-state index is 11.2. The zero-order chi connectivity index (χ0) is 11.3. The van der Waals surface area contributed by atoms with E-state index < -0.39 is 11.4 Å². The predicted molar refractivity (Wildman–Crippen MR) is 59.5 cm³/mol. The Morgan fingerprint density at radius 2 is 2.33 bits per heavy atom. The molecule has 1 rings (SSSR count). The van der Waals surface area contributed by atoms with Crippen LogP contribution in [0.3, 0.4) is 0 Å². The lowest BCUT2D eigenvalue weighted by Gasteiger charge is -2.22. The largest absolute Gasteiger partial charge is 0.481 e. The third-order valence-corrected chi connectivity index (χ3v) is 3.29. The second-order valence-corrected chi connectivity index (χ2v) is 4.14. The van der Waals surface area contributed by atoms with Gasteiger partial charge in [0.15, 0.2) is 0 Å². The summed E-state index contributed by atoms with van der Waals surface area (Å²) in [4.78, 5) is 13.4. The summed E-state index contributed by atoms with van der Waals surface area (Å²) < 4.78 is 0. The summed E-state index contributed by atoms with van der Waals surface area (Å²) in [5, 5.41) is 9.20. The van der Waals surface area contributed by atoms with E-state index in [0.717, 1.165) is 32.4 Å². The van der Waals surface area contributed by atoms with Crippen LogP contribution in [-0.4, -0.2) is 35.6 Å². The average Bonchev–Trinajstić information content (AvgIpc) is 2.63. The van der Waals surface area contributed by atoms with Crippen LogP contribution >= 0.6 is 0 Å². The first-order valence-corrected chi connectivity index (χ1v) is 5.50. The topological polar surface area (TPSA) is 40.5 Å². The van der Waals surface area contributed by atoms with Crippen LogP contribution in [0.4, 0.5) is 0 Å². The number of nitrogens with zero attached hydrogens (tertiary/aromatic N) is 1. The Labute approximate surface area is 91.5 Å². The Kier molecular flexibility index (Phi) is 4.16. The minimum atomic E-state index is -0.644. The van der Waals surface area contributed by atoms with Crippen molar-refractivity contribution in [3.05, 3.63) is 0 Å². The molecule has 1 N–H and O–H groups in total. The van der Waals surface area contributed by atoms with E-state index >= 15 is 0 Å². The fraction of sp³-hybridized carbons (Fsp3) is 0.750. The second kappa shape index (κ2) is 5.18. The number of likely N-dealkylation sites (tertiary alicyclic amines) is 1. The molecule has 1 heterocycles. The van der Waals surface area contributed by atoms with E-state index in [0.29, 0.717) is 6.54 Å². The third kappa shape index (κ3) is 2.73. The Bertz CT molecular complexity index is 290. The molecule has 0 aromatic carbocycles. The normalized spacial score (nSPS) is 26.0. The van der Waals surface area contributed by atoms with Gasteiger partial charge < -0.3 is 10.0 Å². The lowest BCUT2D eigenvalue weighted by molar-refractivity contribution is -0.148. The summed E-state index contributed by atoms with van der Waals surface area (Å²) in [5.41, 5.74) is -0.500. The van der Waals surface area contributed by atoms with Gasteiger partial charge in [0, 0.05) is 19.5 Å². The highest BCUT2D eigenvalue weighted by molar-refractivity contribution is 5.75. The first kappa shape index (κ1) is 12.1. The molecule has 0 bridgehead atoms. The number of carbonyl (C=O) groups is 1. The Morgan fingerprint density at radius 1 is 1.60 bits per heavy atom. The SMILES string of the molecule is CC#CCCN1CCC(CC)(C(=O)O)C1. The van der Waals surface area contributed by atoms with Crippen molar-refractivity contribution in [3.63, 3.8) is 0 Å². The summed E-state index contributed by atoms with van der Waals surface area (Å²) in [7, 11) is 0. The van der Waals surface area contributed by atoms with Crippen molar-refractivity contribution in [3.8, 4) is 11.8 Å². The van der Waals surface area contributed by atoms with E-state index in [1.807, 2.05) is 13.8 Å². The van der Waals surface area contributed by atoms with E-state index in [1.165, 1.54) is 0 Å². The van der Waals surface area contributed by atoms with E-state index in [2.05, 4.69) is 16.7 Å². The van der Waals surface area contributed by atoms with Gasteiger partial charge in [-0.1, -0.05) is 6.92 Å². The van der Waals surface area contributed by atoms with E-state index in [9.17, 15) is 9.90 Å². The van der Waals surface area contributed by atoms with Crippen molar-refractivity contribution < 1.29 is 9.90 Å². The molecule has 0 spiro atoms. The highest BCUT2D eigenvalue weighted by Gasteiger charge is 2.42. The molecule has 0 radical (unpaired) electrons. The van der Waals surface area contributed by atoms with Gasteiger partial charge in [0.1, 0.15) is 0 Å². The summed E-state index contributed by atoms with van der Waals surface area (Å²) in [6.45, 7) is 6.27. The fourth-order valence-electron chi connectivity index (χ4n) is 2.10. The average molecular weight is 209 g/mol. The molecule has 0 aromatic heterocycles.